The van der Waals surface area contributed by atoms with Crippen LogP contribution in [-0.4, -0.2) is 24.1 Å². The predicted molar refractivity (Wildman–Crippen MR) is 72.9 cm³/mol. The van der Waals surface area contributed by atoms with E-state index in [1.165, 1.54) is 0 Å². The van der Waals surface area contributed by atoms with Gasteiger partial charge in [-0.1, -0.05) is 0 Å². The first kappa shape index (κ1) is 13.2. The van der Waals surface area contributed by atoms with Crippen molar-refractivity contribution >= 4 is 5.78 Å². The van der Waals surface area contributed by atoms with Crippen molar-refractivity contribution in [3.8, 4) is 11.5 Å². The first-order valence-corrected chi connectivity index (χ1v) is 6.13. The minimum Gasteiger partial charge on any atom is -0.497 e. The van der Waals surface area contributed by atoms with Crippen molar-refractivity contribution in [3.63, 3.8) is 0 Å². The normalized spacial score (nSPS) is 10.2. The minimum absolute atomic E-state index is 0.0643. The fourth-order valence-electron chi connectivity index (χ4n) is 1.86. The highest BCUT2D eigenvalue weighted by molar-refractivity contribution is 5.92. The quantitative estimate of drug-likeness (QED) is 0.749. The molecule has 0 saturated carbocycles. The van der Waals surface area contributed by atoms with Crippen LogP contribution in [-0.2, 0) is 6.54 Å². The van der Waals surface area contributed by atoms with Crippen molar-refractivity contribution in [2.24, 2.45) is 0 Å². The highest BCUT2D eigenvalue weighted by Gasteiger charge is 2.05. The number of carbonyl (C=O) groups excluding carboxylic acids is 1. The Morgan fingerprint density at radius 3 is 2.47 bits per heavy atom. The summed E-state index contributed by atoms with van der Waals surface area (Å²) in [6.07, 6.45) is 1.88. The molecule has 2 rings (SSSR count). The molecule has 0 bridgehead atoms. The lowest BCUT2D eigenvalue weighted by Gasteiger charge is -2.09. The summed E-state index contributed by atoms with van der Waals surface area (Å²) in [6.45, 7) is 2.73. The van der Waals surface area contributed by atoms with E-state index in [2.05, 4.69) is 0 Å². The summed E-state index contributed by atoms with van der Waals surface area (Å²) in [6, 6.07) is 11.1. The van der Waals surface area contributed by atoms with Crippen molar-refractivity contribution in [1.82, 2.24) is 4.57 Å². The van der Waals surface area contributed by atoms with Crippen LogP contribution in [0.1, 0.15) is 17.4 Å². The van der Waals surface area contributed by atoms with E-state index in [1.807, 2.05) is 47.2 Å². The van der Waals surface area contributed by atoms with Gasteiger partial charge >= 0.3 is 0 Å². The molecule has 0 fully saturated rings. The molecule has 0 N–H and O–H groups in total. The zero-order chi connectivity index (χ0) is 13.7. The van der Waals surface area contributed by atoms with E-state index in [1.54, 1.807) is 14.0 Å². The van der Waals surface area contributed by atoms with Crippen molar-refractivity contribution < 1.29 is 14.3 Å². The summed E-state index contributed by atoms with van der Waals surface area (Å²) in [5.74, 6) is 1.66. The van der Waals surface area contributed by atoms with Crippen LogP contribution in [0.3, 0.4) is 0 Å². The van der Waals surface area contributed by atoms with Crippen LogP contribution in [0.15, 0.2) is 42.6 Å². The molecular weight excluding hydrogens is 242 g/mol. The smallest absolute Gasteiger partial charge is 0.176 e. The maximum absolute atomic E-state index is 11.4. The van der Waals surface area contributed by atoms with Crippen molar-refractivity contribution in [2.45, 2.75) is 13.5 Å². The van der Waals surface area contributed by atoms with Gasteiger partial charge in [0.15, 0.2) is 5.78 Å². The standard InChI is InChI=1S/C15H17NO3/c1-12(17)15-4-3-9-16(15)10-11-19-14-7-5-13(18-2)6-8-14/h3-9H,10-11H2,1-2H3. The Balaban J connectivity index is 1.89. The molecule has 0 spiro atoms. The van der Waals surface area contributed by atoms with E-state index in [4.69, 9.17) is 9.47 Å². The van der Waals surface area contributed by atoms with Gasteiger partial charge in [0.1, 0.15) is 18.1 Å². The summed E-state index contributed by atoms with van der Waals surface area (Å²) in [5, 5.41) is 0. The number of ketones is 1. The molecule has 0 saturated heterocycles. The number of aromatic nitrogens is 1. The van der Waals surface area contributed by atoms with Crippen molar-refractivity contribution in [2.75, 3.05) is 13.7 Å². The van der Waals surface area contributed by atoms with E-state index in [-0.39, 0.29) is 5.78 Å². The molecule has 0 unspecified atom stereocenters. The van der Waals surface area contributed by atoms with Crippen LogP contribution >= 0.6 is 0 Å². The maximum Gasteiger partial charge on any atom is 0.176 e. The molecule has 2 aromatic rings. The zero-order valence-electron chi connectivity index (χ0n) is 11.1. The SMILES string of the molecule is COc1ccc(OCCn2cccc2C(C)=O)cc1. The number of methoxy groups -OCH3 is 1. The Kier molecular flexibility index (Phi) is 4.23. The van der Waals surface area contributed by atoms with Gasteiger partial charge in [-0.2, -0.15) is 0 Å². The molecule has 100 valence electrons. The van der Waals surface area contributed by atoms with Gasteiger partial charge < -0.3 is 14.0 Å². The lowest BCUT2D eigenvalue weighted by atomic mass is 10.3. The Labute approximate surface area is 112 Å². The van der Waals surface area contributed by atoms with E-state index >= 15 is 0 Å². The average Bonchev–Trinajstić information content (AvgIpc) is 2.88. The van der Waals surface area contributed by atoms with Crippen molar-refractivity contribution in [3.05, 3.63) is 48.3 Å². The number of nitrogens with zero attached hydrogens (tertiary/aromatic N) is 1. The van der Waals surface area contributed by atoms with E-state index < -0.39 is 0 Å². The lowest BCUT2D eigenvalue weighted by Crippen LogP contribution is -2.11. The molecule has 19 heavy (non-hydrogen) atoms. The van der Waals surface area contributed by atoms with Gasteiger partial charge in [0, 0.05) is 13.1 Å². The molecule has 0 aliphatic heterocycles. The molecular formula is C15H17NO3. The van der Waals surface area contributed by atoms with Gasteiger partial charge in [0.05, 0.1) is 19.3 Å². The molecule has 0 radical (unpaired) electrons. The monoisotopic (exact) mass is 259 g/mol. The van der Waals surface area contributed by atoms with Crippen LogP contribution in [0.25, 0.3) is 0 Å². The number of Topliss-reactive ketones (excluding diaryl/α,β-unsaturated/α-hetero) is 1. The van der Waals surface area contributed by atoms with Gasteiger partial charge in [-0.3, -0.25) is 4.79 Å². The summed E-state index contributed by atoms with van der Waals surface area (Å²) in [7, 11) is 1.63. The molecule has 0 aliphatic rings. The number of carbonyl (C=O) groups is 1. The Hall–Kier alpha value is -2.23. The van der Waals surface area contributed by atoms with E-state index in [0.717, 1.165) is 11.5 Å². The first-order chi connectivity index (χ1) is 9.20. The molecule has 4 nitrogen and oxygen atoms in total. The zero-order valence-corrected chi connectivity index (χ0v) is 11.1. The lowest BCUT2D eigenvalue weighted by molar-refractivity contribution is 0.100. The molecule has 0 atom stereocenters. The third kappa shape index (κ3) is 3.37. The fourth-order valence-corrected chi connectivity index (χ4v) is 1.86. The predicted octanol–water partition coefficient (Wildman–Crippen LogP) is 2.78. The van der Waals surface area contributed by atoms with Gasteiger partial charge in [-0.05, 0) is 36.4 Å². The van der Waals surface area contributed by atoms with E-state index in [0.29, 0.717) is 18.8 Å². The third-order valence-corrected chi connectivity index (χ3v) is 2.85. The molecule has 1 aromatic heterocycles. The minimum atomic E-state index is 0.0643. The Morgan fingerprint density at radius 1 is 1.16 bits per heavy atom. The summed E-state index contributed by atoms with van der Waals surface area (Å²) < 4.78 is 12.6. The van der Waals surface area contributed by atoms with Crippen LogP contribution in [0.5, 0.6) is 11.5 Å². The summed E-state index contributed by atoms with van der Waals surface area (Å²) in [4.78, 5) is 11.4. The van der Waals surface area contributed by atoms with Gasteiger partial charge in [-0.25, -0.2) is 0 Å². The van der Waals surface area contributed by atoms with Gasteiger partial charge in [0.25, 0.3) is 0 Å². The van der Waals surface area contributed by atoms with Gasteiger partial charge in [-0.15, -0.1) is 0 Å². The fraction of sp³-hybridized carbons (Fsp3) is 0.267. The summed E-state index contributed by atoms with van der Waals surface area (Å²) in [5.41, 5.74) is 0.707. The summed E-state index contributed by atoms with van der Waals surface area (Å²) >= 11 is 0. The second-order valence-corrected chi connectivity index (χ2v) is 4.17. The Morgan fingerprint density at radius 2 is 1.84 bits per heavy atom. The average molecular weight is 259 g/mol. The number of rotatable bonds is 6. The molecule has 1 heterocycles. The van der Waals surface area contributed by atoms with Gasteiger partial charge in [0.2, 0.25) is 0 Å². The molecule has 0 aliphatic carbocycles. The van der Waals surface area contributed by atoms with Crippen molar-refractivity contribution in [1.29, 1.82) is 0 Å². The molecule has 4 heteroatoms. The number of benzene rings is 1. The molecule has 1 aromatic carbocycles. The number of hydrogen-bond acceptors (Lipinski definition) is 3. The first-order valence-electron chi connectivity index (χ1n) is 6.13. The number of ether oxygens (including phenoxy) is 2. The number of hydrogen-bond donors (Lipinski definition) is 0. The largest absolute Gasteiger partial charge is 0.497 e. The maximum atomic E-state index is 11.4. The second kappa shape index (κ2) is 6.09. The van der Waals surface area contributed by atoms with E-state index in [9.17, 15) is 4.79 Å². The van der Waals surface area contributed by atoms with Crippen LogP contribution < -0.4 is 9.47 Å². The topological polar surface area (TPSA) is 40.5 Å². The molecule has 0 amide bonds. The second-order valence-electron chi connectivity index (χ2n) is 4.17. The third-order valence-electron chi connectivity index (χ3n) is 2.85. The van der Waals surface area contributed by atoms with Crippen LogP contribution in [0, 0.1) is 0 Å². The highest BCUT2D eigenvalue weighted by Crippen LogP contribution is 2.17. The highest BCUT2D eigenvalue weighted by atomic mass is 16.5. The van der Waals surface area contributed by atoms with Crippen LogP contribution in [0.4, 0.5) is 0 Å². The van der Waals surface area contributed by atoms with Crippen LogP contribution in [0.2, 0.25) is 0 Å². The Bertz CT molecular complexity index is 543.